The van der Waals surface area contributed by atoms with Crippen molar-refractivity contribution in [2.24, 2.45) is 5.84 Å². The van der Waals surface area contributed by atoms with Crippen LogP contribution in [-0.4, -0.2) is 4.98 Å². The van der Waals surface area contributed by atoms with Gasteiger partial charge in [0, 0.05) is 6.20 Å². The Balaban J connectivity index is 2.23. The van der Waals surface area contributed by atoms with E-state index in [1.54, 1.807) is 6.20 Å². The smallest absolute Gasteiger partial charge is 0.141 e. The molecule has 0 radical (unpaired) electrons. The molecule has 1 atom stereocenters. The monoisotopic (exact) mass is 245 g/mol. The number of halogens is 1. The molecule has 0 fully saturated rings. The van der Waals surface area contributed by atoms with Crippen molar-refractivity contribution in [3.05, 3.63) is 65.2 Å². The van der Waals surface area contributed by atoms with Crippen LogP contribution in [0.15, 0.2) is 42.7 Å². The highest BCUT2D eigenvalue weighted by Crippen LogP contribution is 2.19. The van der Waals surface area contributed by atoms with E-state index in [-0.39, 0.29) is 11.9 Å². The van der Waals surface area contributed by atoms with Crippen LogP contribution < -0.4 is 11.3 Å². The largest absolute Gasteiger partial charge is 0.271 e. The second-order valence-electron chi connectivity index (χ2n) is 4.29. The molecule has 0 aliphatic rings. The number of hydrazine groups is 1. The standard InChI is InChI=1S/C14H16FN3/c1-10-4-2-3-5-11(10)7-14(18-16)12-6-13(15)9-17-8-12/h2-6,8-9,14,18H,7,16H2,1H3. The maximum atomic E-state index is 13.2. The van der Waals surface area contributed by atoms with Crippen LogP contribution in [0.1, 0.15) is 22.7 Å². The minimum Gasteiger partial charge on any atom is -0.271 e. The predicted molar refractivity (Wildman–Crippen MR) is 69.1 cm³/mol. The molecular weight excluding hydrogens is 229 g/mol. The van der Waals surface area contributed by atoms with Gasteiger partial charge in [0.1, 0.15) is 5.82 Å². The van der Waals surface area contributed by atoms with Crippen LogP contribution in [-0.2, 0) is 6.42 Å². The molecular formula is C14H16FN3. The minimum absolute atomic E-state index is 0.144. The van der Waals surface area contributed by atoms with Gasteiger partial charge in [-0.2, -0.15) is 0 Å². The Kier molecular flexibility index (Phi) is 4.02. The molecule has 3 nitrogen and oxygen atoms in total. The topological polar surface area (TPSA) is 50.9 Å². The van der Waals surface area contributed by atoms with E-state index in [1.807, 2.05) is 31.2 Å². The van der Waals surface area contributed by atoms with Gasteiger partial charge in [-0.05, 0) is 36.1 Å². The normalized spacial score (nSPS) is 12.4. The highest BCUT2D eigenvalue weighted by atomic mass is 19.1. The van der Waals surface area contributed by atoms with E-state index in [2.05, 4.69) is 10.4 Å². The summed E-state index contributed by atoms with van der Waals surface area (Å²) in [5.41, 5.74) is 5.85. The Morgan fingerprint density at radius 3 is 2.78 bits per heavy atom. The summed E-state index contributed by atoms with van der Waals surface area (Å²) in [6.07, 6.45) is 3.52. The molecule has 3 N–H and O–H groups in total. The summed E-state index contributed by atoms with van der Waals surface area (Å²) in [6.45, 7) is 2.05. The highest BCUT2D eigenvalue weighted by Gasteiger charge is 2.12. The number of nitrogens with two attached hydrogens (primary N) is 1. The number of hydrogen-bond donors (Lipinski definition) is 2. The molecule has 2 aromatic rings. The number of pyridine rings is 1. The first kappa shape index (κ1) is 12.7. The second kappa shape index (κ2) is 5.71. The zero-order chi connectivity index (χ0) is 13.0. The van der Waals surface area contributed by atoms with Crippen LogP contribution >= 0.6 is 0 Å². The Labute approximate surface area is 106 Å². The van der Waals surface area contributed by atoms with Gasteiger partial charge in [-0.25, -0.2) is 4.39 Å². The van der Waals surface area contributed by atoms with Crippen molar-refractivity contribution in [2.45, 2.75) is 19.4 Å². The van der Waals surface area contributed by atoms with Crippen molar-refractivity contribution < 1.29 is 4.39 Å². The molecule has 1 heterocycles. The maximum absolute atomic E-state index is 13.2. The molecule has 0 saturated heterocycles. The van der Waals surface area contributed by atoms with Gasteiger partial charge in [-0.15, -0.1) is 0 Å². The van der Waals surface area contributed by atoms with E-state index in [0.717, 1.165) is 5.56 Å². The summed E-state index contributed by atoms with van der Waals surface area (Å²) in [7, 11) is 0. The zero-order valence-corrected chi connectivity index (χ0v) is 10.2. The number of benzene rings is 1. The first-order valence-electron chi connectivity index (χ1n) is 5.82. The van der Waals surface area contributed by atoms with Gasteiger partial charge in [0.2, 0.25) is 0 Å². The summed E-state index contributed by atoms with van der Waals surface area (Å²) in [5, 5.41) is 0. The summed E-state index contributed by atoms with van der Waals surface area (Å²) < 4.78 is 13.2. The molecule has 1 aromatic heterocycles. The first-order chi connectivity index (χ1) is 8.70. The first-order valence-corrected chi connectivity index (χ1v) is 5.82. The number of hydrogen-bond acceptors (Lipinski definition) is 3. The van der Waals surface area contributed by atoms with Crippen LogP contribution in [0.2, 0.25) is 0 Å². The van der Waals surface area contributed by atoms with Crippen LogP contribution in [0.3, 0.4) is 0 Å². The lowest BCUT2D eigenvalue weighted by Crippen LogP contribution is -2.30. The molecule has 0 aliphatic heterocycles. The van der Waals surface area contributed by atoms with Gasteiger partial charge < -0.3 is 0 Å². The molecule has 2 rings (SSSR count). The lowest BCUT2D eigenvalue weighted by atomic mass is 9.97. The molecule has 0 saturated carbocycles. The zero-order valence-electron chi connectivity index (χ0n) is 10.2. The predicted octanol–water partition coefficient (Wildman–Crippen LogP) is 2.28. The Morgan fingerprint density at radius 2 is 2.11 bits per heavy atom. The van der Waals surface area contributed by atoms with Gasteiger partial charge in [0.25, 0.3) is 0 Å². The lowest BCUT2D eigenvalue weighted by Gasteiger charge is -2.17. The van der Waals surface area contributed by atoms with Gasteiger partial charge in [0.05, 0.1) is 12.2 Å². The SMILES string of the molecule is Cc1ccccc1CC(NN)c1cncc(F)c1. The van der Waals surface area contributed by atoms with Gasteiger partial charge >= 0.3 is 0 Å². The minimum atomic E-state index is -0.350. The van der Waals surface area contributed by atoms with Crippen molar-refractivity contribution in [1.82, 2.24) is 10.4 Å². The summed E-state index contributed by atoms with van der Waals surface area (Å²) >= 11 is 0. The van der Waals surface area contributed by atoms with Crippen molar-refractivity contribution in [1.29, 1.82) is 0 Å². The summed E-state index contributed by atoms with van der Waals surface area (Å²) in [6, 6.07) is 9.39. The number of rotatable bonds is 4. The average Bonchev–Trinajstić information content (AvgIpc) is 2.38. The molecule has 1 aromatic carbocycles. The number of aryl methyl sites for hydroxylation is 1. The maximum Gasteiger partial charge on any atom is 0.141 e. The van der Waals surface area contributed by atoms with Crippen LogP contribution in [0.25, 0.3) is 0 Å². The Morgan fingerprint density at radius 1 is 1.33 bits per heavy atom. The second-order valence-corrected chi connectivity index (χ2v) is 4.29. The molecule has 0 aliphatic carbocycles. The summed E-state index contributed by atoms with van der Waals surface area (Å²) in [4.78, 5) is 3.85. The highest BCUT2D eigenvalue weighted by molar-refractivity contribution is 5.28. The average molecular weight is 245 g/mol. The fraction of sp³-hybridized carbons (Fsp3) is 0.214. The Bertz CT molecular complexity index is 528. The van der Waals surface area contributed by atoms with Crippen LogP contribution in [0.4, 0.5) is 4.39 Å². The molecule has 1 unspecified atom stereocenters. The number of nitrogens with zero attached hydrogens (tertiary/aromatic N) is 1. The molecule has 18 heavy (non-hydrogen) atoms. The van der Waals surface area contributed by atoms with Gasteiger partial charge in [-0.3, -0.25) is 16.3 Å². The van der Waals surface area contributed by atoms with Crippen molar-refractivity contribution >= 4 is 0 Å². The third-order valence-electron chi connectivity index (χ3n) is 3.01. The molecule has 0 amide bonds. The molecule has 0 spiro atoms. The van der Waals surface area contributed by atoms with E-state index < -0.39 is 0 Å². The van der Waals surface area contributed by atoms with E-state index in [1.165, 1.54) is 23.4 Å². The molecule has 0 bridgehead atoms. The number of aromatic nitrogens is 1. The van der Waals surface area contributed by atoms with Crippen molar-refractivity contribution in [3.63, 3.8) is 0 Å². The van der Waals surface area contributed by atoms with E-state index in [0.29, 0.717) is 6.42 Å². The molecule has 4 heteroatoms. The third kappa shape index (κ3) is 2.91. The van der Waals surface area contributed by atoms with Gasteiger partial charge in [-0.1, -0.05) is 24.3 Å². The van der Waals surface area contributed by atoms with Crippen molar-refractivity contribution in [2.75, 3.05) is 0 Å². The Hall–Kier alpha value is -1.78. The fourth-order valence-electron chi connectivity index (χ4n) is 1.95. The quantitative estimate of drug-likeness (QED) is 0.642. The van der Waals surface area contributed by atoms with E-state index in [4.69, 9.17) is 5.84 Å². The van der Waals surface area contributed by atoms with Crippen LogP contribution in [0.5, 0.6) is 0 Å². The van der Waals surface area contributed by atoms with E-state index >= 15 is 0 Å². The number of nitrogens with one attached hydrogen (secondary N) is 1. The lowest BCUT2D eigenvalue weighted by molar-refractivity contribution is 0.540. The summed E-state index contributed by atoms with van der Waals surface area (Å²) in [5.74, 6) is 5.20. The third-order valence-corrected chi connectivity index (χ3v) is 3.01. The van der Waals surface area contributed by atoms with Crippen LogP contribution in [0, 0.1) is 12.7 Å². The fourth-order valence-corrected chi connectivity index (χ4v) is 1.95. The van der Waals surface area contributed by atoms with E-state index in [9.17, 15) is 4.39 Å². The van der Waals surface area contributed by atoms with Crippen molar-refractivity contribution in [3.8, 4) is 0 Å². The van der Waals surface area contributed by atoms with Gasteiger partial charge in [0.15, 0.2) is 0 Å². The molecule has 94 valence electrons.